The molecule has 31 heavy (non-hydrogen) atoms. The topological polar surface area (TPSA) is 41.9 Å². The summed E-state index contributed by atoms with van der Waals surface area (Å²) in [7, 11) is 0. The summed E-state index contributed by atoms with van der Waals surface area (Å²) in [4.78, 5) is 16.7. The number of aromatic nitrogens is 3. The van der Waals surface area contributed by atoms with Gasteiger partial charge >= 0.3 is 0 Å². The molecule has 0 amide bonds. The lowest BCUT2D eigenvalue weighted by molar-refractivity contribution is 0.242. The molecule has 3 heterocycles. The van der Waals surface area contributed by atoms with Crippen LogP contribution in [-0.2, 0) is 19.5 Å². The van der Waals surface area contributed by atoms with Gasteiger partial charge in [0.05, 0.1) is 11.4 Å². The van der Waals surface area contributed by atoms with Crippen molar-refractivity contribution in [2.75, 3.05) is 6.54 Å². The van der Waals surface area contributed by atoms with Crippen molar-refractivity contribution < 1.29 is 0 Å². The maximum absolute atomic E-state index is 4.84. The van der Waals surface area contributed by atoms with Crippen LogP contribution in [0.2, 0.25) is 0 Å². The number of hydrogen-bond acceptors (Lipinski definition) is 4. The Labute approximate surface area is 183 Å². The third-order valence-corrected chi connectivity index (χ3v) is 6.16. The zero-order valence-corrected chi connectivity index (χ0v) is 18.0. The van der Waals surface area contributed by atoms with Crippen LogP contribution in [0.3, 0.4) is 0 Å². The van der Waals surface area contributed by atoms with E-state index in [0.717, 1.165) is 43.1 Å². The van der Waals surface area contributed by atoms with Crippen LogP contribution in [0.15, 0.2) is 73.1 Å². The highest BCUT2D eigenvalue weighted by atomic mass is 15.1. The Morgan fingerprint density at radius 2 is 1.74 bits per heavy atom. The van der Waals surface area contributed by atoms with Crippen molar-refractivity contribution in [1.29, 1.82) is 0 Å². The lowest BCUT2D eigenvalue weighted by Gasteiger charge is -2.28. The van der Waals surface area contributed by atoms with Gasteiger partial charge in [-0.1, -0.05) is 54.6 Å². The predicted molar refractivity (Wildman–Crippen MR) is 124 cm³/mol. The van der Waals surface area contributed by atoms with E-state index in [2.05, 4.69) is 66.2 Å². The first kappa shape index (κ1) is 19.6. The number of pyridine rings is 1. The van der Waals surface area contributed by atoms with E-state index in [-0.39, 0.29) is 0 Å². The first-order valence-electron chi connectivity index (χ1n) is 10.8. The monoisotopic (exact) mass is 406 g/mol. The molecule has 154 valence electrons. The van der Waals surface area contributed by atoms with Crippen LogP contribution in [0.4, 0.5) is 0 Å². The van der Waals surface area contributed by atoms with Gasteiger partial charge in [-0.3, -0.25) is 9.88 Å². The van der Waals surface area contributed by atoms with E-state index in [9.17, 15) is 0 Å². The summed E-state index contributed by atoms with van der Waals surface area (Å²) in [5, 5.41) is 0. The molecule has 0 bridgehead atoms. The van der Waals surface area contributed by atoms with Gasteiger partial charge in [-0.2, -0.15) is 0 Å². The minimum absolute atomic E-state index is 0.819. The Bertz CT molecular complexity index is 1200. The highest BCUT2D eigenvalue weighted by molar-refractivity contribution is 5.64. The van der Waals surface area contributed by atoms with Crippen LogP contribution in [0.1, 0.15) is 27.9 Å². The molecular formula is C27H26N4. The van der Waals surface area contributed by atoms with Crippen LogP contribution in [0.5, 0.6) is 0 Å². The molecule has 1 aliphatic heterocycles. The third-order valence-electron chi connectivity index (χ3n) is 6.16. The van der Waals surface area contributed by atoms with Crippen LogP contribution in [0.25, 0.3) is 22.6 Å². The number of hydrogen-bond donors (Lipinski definition) is 0. The largest absolute Gasteiger partial charge is 0.294 e. The van der Waals surface area contributed by atoms with Gasteiger partial charge in [-0.15, -0.1) is 0 Å². The van der Waals surface area contributed by atoms with Gasteiger partial charge < -0.3 is 0 Å². The summed E-state index contributed by atoms with van der Waals surface area (Å²) in [6.07, 6.45) is 4.96. The molecule has 0 atom stereocenters. The van der Waals surface area contributed by atoms with E-state index in [1.54, 1.807) is 0 Å². The SMILES string of the molecule is Cc1cccc(-c2ccc(CN3CCc4nc(-c5ccccc5)ncc4C3)cn2)c1C. The Hall–Kier alpha value is -3.37. The summed E-state index contributed by atoms with van der Waals surface area (Å²) in [6.45, 7) is 7.07. The number of benzene rings is 2. The lowest BCUT2D eigenvalue weighted by Crippen LogP contribution is -2.31. The second-order valence-electron chi connectivity index (χ2n) is 8.29. The van der Waals surface area contributed by atoms with Crippen molar-refractivity contribution in [2.45, 2.75) is 33.4 Å². The zero-order chi connectivity index (χ0) is 21.2. The number of fused-ring (bicyclic) bond motifs is 1. The van der Waals surface area contributed by atoms with E-state index < -0.39 is 0 Å². The summed E-state index contributed by atoms with van der Waals surface area (Å²) >= 11 is 0. The molecule has 5 rings (SSSR count). The van der Waals surface area contributed by atoms with E-state index in [0.29, 0.717) is 0 Å². The van der Waals surface area contributed by atoms with Crippen molar-refractivity contribution in [3.05, 3.63) is 101 Å². The first-order valence-corrected chi connectivity index (χ1v) is 10.8. The summed E-state index contributed by atoms with van der Waals surface area (Å²) in [5.74, 6) is 0.819. The molecule has 0 fully saturated rings. The van der Waals surface area contributed by atoms with Crippen LogP contribution in [-0.4, -0.2) is 26.4 Å². The second-order valence-corrected chi connectivity index (χ2v) is 8.29. The highest BCUT2D eigenvalue weighted by Gasteiger charge is 2.19. The number of nitrogens with zero attached hydrogens (tertiary/aromatic N) is 4. The molecular weight excluding hydrogens is 380 g/mol. The van der Waals surface area contributed by atoms with Crippen LogP contribution < -0.4 is 0 Å². The minimum Gasteiger partial charge on any atom is -0.294 e. The predicted octanol–water partition coefficient (Wildman–Crippen LogP) is 5.38. The Morgan fingerprint density at radius 3 is 2.55 bits per heavy atom. The van der Waals surface area contributed by atoms with Gasteiger partial charge in [0.2, 0.25) is 0 Å². The van der Waals surface area contributed by atoms with Gasteiger partial charge in [-0.05, 0) is 36.6 Å². The highest BCUT2D eigenvalue weighted by Crippen LogP contribution is 2.25. The van der Waals surface area contributed by atoms with E-state index in [1.165, 1.54) is 33.5 Å². The van der Waals surface area contributed by atoms with Crippen molar-refractivity contribution in [3.63, 3.8) is 0 Å². The van der Waals surface area contributed by atoms with Crippen molar-refractivity contribution >= 4 is 0 Å². The van der Waals surface area contributed by atoms with Gasteiger partial charge in [0.1, 0.15) is 0 Å². The molecule has 4 aromatic rings. The van der Waals surface area contributed by atoms with Gasteiger partial charge in [0, 0.05) is 55.1 Å². The molecule has 4 nitrogen and oxygen atoms in total. The molecule has 4 heteroatoms. The van der Waals surface area contributed by atoms with E-state index in [1.807, 2.05) is 30.6 Å². The van der Waals surface area contributed by atoms with Crippen molar-refractivity contribution in [1.82, 2.24) is 19.9 Å². The standard InChI is InChI=1S/C27H26N4/c1-19-7-6-10-24(20(19)2)26-12-11-21(15-28-26)17-31-14-13-25-23(18-31)16-29-27(30-25)22-8-4-3-5-9-22/h3-12,15-16H,13-14,17-18H2,1-2H3. The Morgan fingerprint density at radius 1 is 0.871 bits per heavy atom. The lowest BCUT2D eigenvalue weighted by atomic mass is 10.0. The molecule has 0 unspecified atom stereocenters. The molecule has 0 aliphatic carbocycles. The molecule has 0 saturated heterocycles. The fourth-order valence-electron chi connectivity index (χ4n) is 4.20. The fourth-order valence-corrected chi connectivity index (χ4v) is 4.20. The van der Waals surface area contributed by atoms with E-state index >= 15 is 0 Å². The molecule has 0 saturated carbocycles. The minimum atomic E-state index is 0.819. The first-order chi connectivity index (χ1) is 15.2. The summed E-state index contributed by atoms with van der Waals surface area (Å²) in [5.41, 5.74) is 9.56. The third kappa shape index (κ3) is 4.12. The average Bonchev–Trinajstić information content (AvgIpc) is 2.82. The summed E-state index contributed by atoms with van der Waals surface area (Å²) < 4.78 is 0. The van der Waals surface area contributed by atoms with E-state index in [4.69, 9.17) is 9.97 Å². The summed E-state index contributed by atoms with van der Waals surface area (Å²) in [6, 6.07) is 20.9. The molecule has 2 aromatic carbocycles. The van der Waals surface area contributed by atoms with Crippen molar-refractivity contribution in [3.8, 4) is 22.6 Å². The van der Waals surface area contributed by atoms with Gasteiger partial charge in [0.25, 0.3) is 0 Å². The van der Waals surface area contributed by atoms with Crippen molar-refractivity contribution in [2.24, 2.45) is 0 Å². The van der Waals surface area contributed by atoms with Crippen LogP contribution in [0, 0.1) is 13.8 Å². The Balaban J connectivity index is 1.28. The molecule has 0 N–H and O–H groups in total. The number of rotatable bonds is 4. The fraction of sp³-hybridized carbons (Fsp3) is 0.222. The smallest absolute Gasteiger partial charge is 0.159 e. The molecule has 2 aromatic heterocycles. The average molecular weight is 407 g/mol. The maximum Gasteiger partial charge on any atom is 0.159 e. The molecule has 1 aliphatic rings. The van der Waals surface area contributed by atoms with Gasteiger partial charge in [-0.25, -0.2) is 9.97 Å². The second kappa shape index (κ2) is 8.40. The molecule has 0 spiro atoms. The Kier molecular flexibility index (Phi) is 5.31. The molecule has 0 radical (unpaired) electrons. The zero-order valence-electron chi connectivity index (χ0n) is 18.0. The van der Waals surface area contributed by atoms with Crippen LogP contribution >= 0.6 is 0 Å². The maximum atomic E-state index is 4.84. The normalized spacial score (nSPS) is 13.7. The van der Waals surface area contributed by atoms with Gasteiger partial charge in [0.15, 0.2) is 5.82 Å². The quantitative estimate of drug-likeness (QED) is 0.456. The number of aryl methyl sites for hydroxylation is 1.